The fraction of sp³-hybridized carbons (Fsp3) is 0.182. The van der Waals surface area contributed by atoms with Gasteiger partial charge in [-0.15, -0.1) is 0 Å². The van der Waals surface area contributed by atoms with Gasteiger partial charge in [0.2, 0.25) is 0 Å². The first-order valence-corrected chi connectivity index (χ1v) is 4.18. The van der Waals surface area contributed by atoms with Crippen LogP contribution in [0.15, 0.2) is 42.0 Å². The van der Waals surface area contributed by atoms with Gasteiger partial charge in [-0.05, 0) is 26.0 Å². The van der Waals surface area contributed by atoms with Crippen LogP contribution in [0.1, 0.15) is 13.8 Å². The second-order valence-corrected chi connectivity index (χ2v) is 2.61. The van der Waals surface area contributed by atoms with Crippen LogP contribution in [0.25, 0.3) is 0 Å². The number of carbonyl (C=O) groups is 1. The second-order valence-electron chi connectivity index (χ2n) is 2.61. The summed E-state index contributed by atoms with van der Waals surface area (Å²) < 4.78 is 0. The highest BCUT2D eigenvalue weighted by Gasteiger charge is 1.93. The predicted octanol–water partition coefficient (Wildman–Crippen LogP) is 2.43. The van der Waals surface area contributed by atoms with Crippen molar-refractivity contribution in [2.75, 3.05) is 0 Å². The molecule has 0 spiro atoms. The zero-order chi connectivity index (χ0) is 11.0. The third-order valence-electron chi connectivity index (χ3n) is 1.53. The molecule has 0 heterocycles. The van der Waals surface area contributed by atoms with E-state index in [0.717, 1.165) is 0 Å². The van der Waals surface area contributed by atoms with Gasteiger partial charge < -0.3 is 10.2 Å². The molecule has 0 aliphatic heterocycles. The Hall–Kier alpha value is -1.77. The maximum absolute atomic E-state index is 9.86. The zero-order valence-corrected chi connectivity index (χ0v) is 8.27. The van der Waals surface area contributed by atoms with Crippen LogP contribution in [0.2, 0.25) is 0 Å². The summed E-state index contributed by atoms with van der Waals surface area (Å²) >= 11 is 0. The number of aliphatic carboxylic acids is 1. The standard InChI is InChI=1S/C6H6O.C5H8O2/c7-6-4-2-1-3-5-6;1-3-4(2)5(6)7/h1-5,7H;3H,1-2H3,(H,6,7). The number of carboxylic acids is 1. The van der Waals surface area contributed by atoms with Crippen molar-refractivity contribution in [3.63, 3.8) is 0 Å². The number of hydrogen-bond donors (Lipinski definition) is 2. The topological polar surface area (TPSA) is 57.5 Å². The molecular weight excluding hydrogens is 180 g/mol. The van der Waals surface area contributed by atoms with Crippen molar-refractivity contribution in [2.45, 2.75) is 13.8 Å². The highest BCUT2D eigenvalue weighted by molar-refractivity contribution is 5.85. The highest BCUT2D eigenvalue weighted by Crippen LogP contribution is 2.02. The quantitative estimate of drug-likeness (QED) is 0.675. The van der Waals surface area contributed by atoms with Gasteiger partial charge in [0.1, 0.15) is 5.75 Å². The molecule has 0 fully saturated rings. The predicted molar refractivity (Wildman–Crippen MR) is 55.2 cm³/mol. The molecule has 0 radical (unpaired) electrons. The Bertz CT molecular complexity index is 302. The van der Waals surface area contributed by atoms with Gasteiger partial charge in [0.05, 0.1) is 0 Å². The van der Waals surface area contributed by atoms with Gasteiger partial charge in [-0.3, -0.25) is 0 Å². The van der Waals surface area contributed by atoms with Gasteiger partial charge >= 0.3 is 5.97 Å². The molecule has 0 aliphatic rings. The van der Waals surface area contributed by atoms with Gasteiger partial charge in [-0.2, -0.15) is 0 Å². The maximum Gasteiger partial charge on any atom is 0.330 e. The van der Waals surface area contributed by atoms with E-state index in [1.807, 2.05) is 6.07 Å². The largest absolute Gasteiger partial charge is 0.508 e. The summed E-state index contributed by atoms with van der Waals surface area (Å²) in [6.07, 6.45) is 1.56. The monoisotopic (exact) mass is 194 g/mol. The van der Waals surface area contributed by atoms with E-state index < -0.39 is 5.97 Å². The molecule has 0 aromatic heterocycles. The molecular formula is C11H14O3. The molecule has 0 aliphatic carbocycles. The zero-order valence-electron chi connectivity index (χ0n) is 8.27. The first-order chi connectivity index (χ1) is 6.57. The van der Waals surface area contributed by atoms with Crippen LogP contribution in [-0.4, -0.2) is 16.2 Å². The number of benzene rings is 1. The van der Waals surface area contributed by atoms with Gasteiger partial charge in [-0.25, -0.2) is 4.79 Å². The summed E-state index contributed by atoms with van der Waals surface area (Å²) in [5.41, 5.74) is 0.389. The summed E-state index contributed by atoms with van der Waals surface area (Å²) in [5.74, 6) is -0.523. The molecule has 0 amide bonds. The SMILES string of the molecule is CC=C(C)C(=O)O.Oc1ccccc1. The minimum Gasteiger partial charge on any atom is -0.508 e. The number of aromatic hydroxyl groups is 1. The average Bonchev–Trinajstić information content (AvgIpc) is 2.18. The van der Waals surface area contributed by atoms with Crippen LogP contribution in [0, 0.1) is 0 Å². The summed E-state index contributed by atoms with van der Waals surface area (Å²) in [6, 6.07) is 8.71. The first kappa shape index (κ1) is 12.2. The lowest BCUT2D eigenvalue weighted by Crippen LogP contribution is -1.93. The number of allylic oxidation sites excluding steroid dienone is 1. The molecule has 1 aromatic carbocycles. The van der Waals surface area contributed by atoms with E-state index in [4.69, 9.17) is 10.2 Å². The summed E-state index contributed by atoms with van der Waals surface area (Å²) in [7, 11) is 0. The first-order valence-electron chi connectivity index (χ1n) is 4.18. The Kier molecular flexibility index (Phi) is 5.87. The Balaban J connectivity index is 0.000000241. The minimum absolute atomic E-state index is 0.322. The second kappa shape index (κ2) is 6.71. The van der Waals surface area contributed by atoms with Crippen LogP contribution < -0.4 is 0 Å². The van der Waals surface area contributed by atoms with Gasteiger partial charge in [0, 0.05) is 5.57 Å². The van der Waals surface area contributed by atoms with E-state index in [9.17, 15) is 4.79 Å². The van der Waals surface area contributed by atoms with E-state index in [1.54, 1.807) is 44.2 Å². The molecule has 0 saturated heterocycles. The number of para-hydroxylation sites is 1. The Morgan fingerprint density at radius 1 is 1.29 bits per heavy atom. The molecule has 3 heteroatoms. The van der Waals surface area contributed by atoms with Gasteiger partial charge in [-0.1, -0.05) is 24.3 Å². The number of phenols is 1. The highest BCUT2D eigenvalue weighted by atomic mass is 16.4. The fourth-order valence-corrected chi connectivity index (χ4v) is 0.551. The van der Waals surface area contributed by atoms with Crippen molar-refractivity contribution in [3.8, 4) is 5.75 Å². The summed E-state index contributed by atoms with van der Waals surface area (Å²) in [6.45, 7) is 3.26. The van der Waals surface area contributed by atoms with Crippen molar-refractivity contribution < 1.29 is 15.0 Å². The Morgan fingerprint density at radius 3 is 1.93 bits per heavy atom. The molecule has 0 bridgehead atoms. The molecule has 0 saturated carbocycles. The molecule has 1 rings (SSSR count). The van der Waals surface area contributed by atoms with Crippen LogP contribution in [0.3, 0.4) is 0 Å². The van der Waals surface area contributed by atoms with Gasteiger partial charge in [0.25, 0.3) is 0 Å². The number of carboxylic acid groups (broad SMARTS) is 1. The average molecular weight is 194 g/mol. The number of phenolic OH excluding ortho intramolecular Hbond substituents is 1. The van der Waals surface area contributed by atoms with E-state index in [2.05, 4.69) is 0 Å². The Labute approximate surface area is 83.3 Å². The molecule has 1 aromatic rings. The van der Waals surface area contributed by atoms with Crippen LogP contribution in [-0.2, 0) is 4.79 Å². The smallest absolute Gasteiger partial charge is 0.330 e. The summed E-state index contributed by atoms with van der Waals surface area (Å²) in [4.78, 5) is 9.86. The van der Waals surface area contributed by atoms with E-state index in [1.165, 1.54) is 0 Å². The summed E-state index contributed by atoms with van der Waals surface area (Å²) in [5, 5.41) is 16.7. The van der Waals surface area contributed by atoms with Crippen LogP contribution in [0.5, 0.6) is 5.75 Å². The molecule has 76 valence electrons. The van der Waals surface area contributed by atoms with E-state index in [-0.39, 0.29) is 0 Å². The van der Waals surface area contributed by atoms with Crippen LogP contribution >= 0.6 is 0 Å². The van der Waals surface area contributed by atoms with Crippen molar-refractivity contribution >= 4 is 5.97 Å². The normalized spacial score (nSPS) is 10.0. The van der Waals surface area contributed by atoms with E-state index >= 15 is 0 Å². The molecule has 3 nitrogen and oxygen atoms in total. The fourth-order valence-electron chi connectivity index (χ4n) is 0.551. The third-order valence-corrected chi connectivity index (χ3v) is 1.53. The minimum atomic E-state index is -0.845. The number of rotatable bonds is 1. The Morgan fingerprint density at radius 2 is 1.79 bits per heavy atom. The van der Waals surface area contributed by atoms with Crippen molar-refractivity contribution in [1.82, 2.24) is 0 Å². The van der Waals surface area contributed by atoms with Crippen molar-refractivity contribution in [2.24, 2.45) is 0 Å². The lowest BCUT2D eigenvalue weighted by molar-refractivity contribution is -0.132. The lowest BCUT2D eigenvalue weighted by Gasteiger charge is -1.84. The van der Waals surface area contributed by atoms with E-state index in [0.29, 0.717) is 11.3 Å². The van der Waals surface area contributed by atoms with Crippen LogP contribution in [0.4, 0.5) is 0 Å². The van der Waals surface area contributed by atoms with Crippen molar-refractivity contribution in [3.05, 3.63) is 42.0 Å². The maximum atomic E-state index is 9.86. The molecule has 14 heavy (non-hydrogen) atoms. The lowest BCUT2D eigenvalue weighted by atomic mass is 10.3. The molecule has 0 atom stereocenters. The third kappa shape index (κ3) is 5.83. The molecule has 2 N–H and O–H groups in total. The molecule has 0 unspecified atom stereocenters. The van der Waals surface area contributed by atoms with Gasteiger partial charge in [0.15, 0.2) is 0 Å². The number of hydrogen-bond acceptors (Lipinski definition) is 2. The van der Waals surface area contributed by atoms with Crippen molar-refractivity contribution in [1.29, 1.82) is 0 Å².